The summed E-state index contributed by atoms with van der Waals surface area (Å²) in [5.41, 5.74) is 4.49. The van der Waals surface area contributed by atoms with Crippen LogP contribution in [0.15, 0.2) is 150 Å². The van der Waals surface area contributed by atoms with Crippen LogP contribution in [0.5, 0.6) is 0 Å². The molecule has 0 saturated carbocycles. The molecular weight excluding hydrogens is 645 g/mol. The van der Waals surface area contributed by atoms with E-state index in [1.165, 1.54) is 24.3 Å². The molecule has 0 saturated heterocycles. The van der Waals surface area contributed by atoms with Crippen molar-refractivity contribution in [3.63, 3.8) is 0 Å². The van der Waals surface area contributed by atoms with E-state index < -0.39 is 19.7 Å². The third-order valence-electron chi connectivity index (χ3n) is 8.49. The van der Waals surface area contributed by atoms with Crippen LogP contribution in [0.25, 0.3) is 55.9 Å². The summed E-state index contributed by atoms with van der Waals surface area (Å²) in [5.74, 6) is 0.670. The van der Waals surface area contributed by atoms with Gasteiger partial charge in [-0.25, -0.2) is 26.8 Å². The first-order valence-electron chi connectivity index (χ1n) is 15.1. The minimum absolute atomic E-state index is 0.134. The summed E-state index contributed by atoms with van der Waals surface area (Å²) in [6.07, 6.45) is 0. The van der Waals surface area contributed by atoms with Gasteiger partial charge in [-0.2, -0.15) is 0 Å². The highest BCUT2D eigenvalue weighted by Gasteiger charge is 2.24. The summed E-state index contributed by atoms with van der Waals surface area (Å²) in [5, 5.41) is 1.64. The zero-order chi connectivity index (χ0) is 33.2. The summed E-state index contributed by atoms with van der Waals surface area (Å²) < 4.78 is 66.0. The van der Waals surface area contributed by atoms with Gasteiger partial charge in [-0.15, -0.1) is 0 Å². The zero-order valence-corrected chi connectivity index (χ0v) is 27.3. The molecule has 236 valence electrons. The Morgan fingerprint density at radius 2 is 0.875 bits per heavy atom. The fourth-order valence-electron chi connectivity index (χ4n) is 6.02. The largest absolute Gasteiger partial charge is 0.436 e. The molecule has 0 N–H and O–H groups in total. The zero-order valence-electron chi connectivity index (χ0n) is 25.7. The van der Waals surface area contributed by atoms with E-state index in [0.29, 0.717) is 56.2 Å². The lowest BCUT2D eigenvalue weighted by molar-refractivity contribution is 0.593. The van der Waals surface area contributed by atoms with Crippen LogP contribution in [0.1, 0.15) is 11.1 Å². The van der Waals surface area contributed by atoms with Crippen molar-refractivity contribution < 1.29 is 25.7 Å². The molecule has 0 bridgehead atoms. The highest BCUT2D eigenvalue weighted by Crippen LogP contribution is 2.38. The second kappa shape index (κ2) is 11.0. The maximum Gasteiger partial charge on any atom is 0.227 e. The Morgan fingerprint density at radius 1 is 0.479 bits per heavy atom. The van der Waals surface area contributed by atoms with Crippen LogP contribution in [0, 0.1) is 13.8 Å². The maximum atomic E-state index is 13.4. The molecule has 0 aliphatic rings. The van der Waals surface area contributed by atoms with Gasteiger partial charge in [0.05, 0.1) is 19.6 Å². The fraction of sp³-hybridized carbons (Fsp3) is 0.0526. The lowest BCUT2D eigenvalue weighted by Crippen LogP contribution is -2.03. The van der Waals surface area contributed by atoms with Gasteiger partial charge in [-0.3, -0.25) is 0 Å². The van der Waals surface area contributed by atoms with Gasteiger partial charge in [0.25, 0.3) is 0 Å². The van der Waals surface area contributed by atoms with Crippen LogP contribution < -0.4 is 0 Å². The van der Waals surface area contributed by atoms with Gasteiger partial charge in [-0.05, 0) is 96.4 Å². The number of nitrogens with zero attached hydrogens (tertiary/aromatic N) is 2. The van der Waals surface area contributed by atoms with Crippen molar-refractivity contribution in [1.82, 2.24) is 9.97 Å². The van der Waals surface area contributed by atoms with Gasteiger partial charge in [0.15, 0.2) is 11.2 Å². The minimum Gasteiger partial charge on any atom is -0.436 e. The second-order valence-electron chi connectivity index (χ2n) is 11.5. The predicted molar refractivity (Wildman–Crippen MR) is 183 cm³/mol. The summed E-state index contributed by atoms with van der Waals surface area (Å²) in [7, 11) is -7.52. The summed E-state index contributed by atoms with van der Waals surface area (Å²) in [4.78, 5) is 10.2. The van der Waals surface area contributed by atoms with Crippen molar-refractivity contribution in [2.75, 3.05) is 0 Å². The fourth-order valence-corrected chi connectivity index (χ4v) is 9.06. The molecule has 0 atom stereocenters. The molecular formula is C38H26N2O6S2. The molecule has 8 aromatic rings. The number of fused-ring (bicyclic) bond motifs is 3. The normalized spacial score (nSPS) is 12.3. The van der Waals surface area contributed by atoms with Crippen molar-refractivity contribution in [3.8, 4) is 22.9 Å². The third-order valence-corrected chi connectivity index (χ3v) is 12.3. The first-order chi connectivity index (χ1) is 23.1. The Hall–Kier alpha value is -5.58. The van der Waals surface area contributed by atoms with Crippen molar-refractivity contribution in [2.24, 2.45) is 0 Å². The standard InChI is InChI=1S/C38H26N2O6S2/c1-23-9-3-7-13-35(23)47(41,42)25-15-19-33-31(21-25)39-37(45-33)29-17-18-30(28-12-6-5-11-27(28)29)38-40-32-22-26(16-20-34(32)46-38)48(43,44)36-14-8-4-10-24(36)2/h3-22H,1-2H3. The number of sulfone groups is 2. The second-order valence-corrected chi connectivity index (χ2v) is 15.4. The Bertz CT molecular complexity index is 2610. The topological polar surface area (TPSA) is 120 Å². The van der Waals surface area contributed by atoms with Crippen LogP contribution >= 0.6 is 0 Å². The average molecular weight is 671 g/mol. The Kier molecular flexibility index (Phi) is 6.83. The number of aryl methyl sites for hydroxylation is 2. The van der Waals surface area contributed by atoms with Crippen molar-refractivity contribution in [2.45, 2.75) is 33.4 Å². The number of aromatic nitrogens is 2. The number of rotatable bonds is 6. The molecule has 0 aliphatic heterocycles. The van der Waals surface area contributed by atoms with Gasteiger partial charge in [-0.1, -0.05) is 60.7 Å². The van der Waals surface area contributed by atoms with Crippen LogP contribution in [0.4, 0.5) is 0 Å². The smallest absolute Gasteiger partial charge is 0.227 e. The van der Waals surface area contributed by atoms with Crippen LogP contribution in [-0.4, -0.2) is 26.8 Å². The van der Waals surface area contributed by atoms with E-state index >= 15 is 0 Å². The van der Waals surface area contributed by atoms with Gasteiger partial charge < -0.3 is 8.83 Å². The molecule has 0 unspecified atom stereocenters. The quantitative estimate of drug-likeness (QED) is 0.172. The van der Waals surface area contributed by atoms with E-state index in [2.05, 4.69) is 0 Å². The van der Waals surface area contributed by atoms with Crippen LogP contribution in [0.3, 0.4) is 0 Å². The molecule has 0 aliphatic carbocycles. The maximum absolute atomic E-state index is 13.4. The molecule has 2 aromatic heterocycles. The first kappa shape index (κ1) is 29.8. The van der Waals surface area contributed by atoms with Gasteiger partial charge in [0.1, 0.15) is 11.0 Å². The summed E-state index contributed by atoms with van der Waals surface area (Å²) in [6.45, 7) is 3.54. The monoisotopic (exact) mass is 670 g/mol. The van der Waals surface area contributed by atoms with Gasteiger partial charge in [0, 0.05) is 11.1 Å². The molecule has 8 rings (SSSR count). The number of benzene rings is 6. The van der Waals surface area contributed by atoms with E-state index in [9.17, 15) is 16.8 Å². The minimum atomic E-state index is -3.76. The average Bonchev–Trinajstić information content (AvgIpc) is 3.71. The molecule has 6 aromatic carbocycles. The lowest BCUT2D eigenvalue weighted by Gasteiger charge is -2.07. The molecule has 10 heteroatoms. The van der Waals surface area contributed by atoms with Crippen molar-refractivity contribution in [1.29, 1.82) is 0 Å². The van der Waals surface area contributed by atoms with E-state index in [0.717, 1.165) is 10.8 Å². The summed E-state index contributed by atoms with van der Waals surface area (Å²) in [6, 6.07) is 34.5. The molecule has 2 heterocycles. The Morgan fingerprint density at radius 3 is 1.29 bits per heavy atom. The molecule has 48 heavy (non-hydrogen) atoms. The number of oxazole rings is 2. The molecule has 0 radical (unpaired) electrons. The van der Waals surface area contributed by atoms with E-state index in [1.54, 1.807) is 74.5 Å². The van der Waals surface area contributed by atoms with Crippen molar-refractivity contribution in [3.05, 3.63) is 132 Å². The summed E-state index contributed by atoms with van der Waals surface area (Å²) >= 11 is 0. The first-order valence-corrected chi connectivity index (χ1v) is 18.0. The number of hydrogen-bond donors (Lipinski definition) is 0. The lowest BCUT2D eigenvalue weighted by atomic mass is 9.99. The van der Waals surface area contributed by atoms with Crippen LogP contribution in [-0.2, 0) is 19.7 Å². The van der Waals surface area contributed by atoms with E-state index in [4.69, 9.17) is 18.8 Å². The highest BCUT2D eigenvalue weighted by atomic mass is 32.2. The SMILES string of the molecule is Cc1ccccc1S(=O)(=O)c1ccc2oc(-c3ccc(-c4nc5cc(S(=O)(=O)c6ccccc6C)ccc5o4)c4ccccc34)nc2c1. The Balaban J connectivity index is 1.19. The third kappa shape index (κ3) is 4.80. The van der Waals surface area contributed by atoms with Crippen LogP contribution in [0.2, 0.25) is 0 Å². The molecule has 0 amide bonds. The predicted octanol–water partition coefficient (Wildman–Crippen LogP) is 8.74. The van der Waals surface area contributed by atoms with Crippen molar-refractivity contribution >= 4 is 52.6 Å². The Labute approximate surface area is 276 Å². The van der Waals surface area contributed by atoms with E-state index in [1.807, 2.05) is 36.4 Å². The number of hydrogen-bond acceptors (Lipinski definition) is 8. The highest BCUT2D eigenvalue weighted by molar-refractivity contribution is 7.91. The molecule has 0 spiro atoms. The molecule has 8 nitrogen and oxygen atoms in total. The van der Waals surface area contributed by atoms with E-state index in [-0.39, 0.29) is 19.6 Å². The van der Waals surface area contributed by atoms with Gasteiger partial charge in [0.2, 0.25) is 31.5 Å². The van der Waals surface area contributed by atoms with Gasteiger partial charge >= 0.3 is 0 Å². The molecule has 0 fully saturated rings.